The predicted molar refractivity (Wildman–Crippen MR) is 55.5 cm³/mol. The van der Waals surface area contributed by atoms with E-state index in [0.717, 1.165) is 0 Å². The normalized spacial score (nSPS) is 10.4. The van der Waals surface area contributed by atoms with Crippen molar-refractivity contribution in [2.45, 2.75) is 6.42 Å². The number of alkyl halides is 1. The molecule has 1 aromatic rings. The molecule has 0 aromatic heterocycles. The zero-order valence-electron chi connectivity index (χ0n) is 7.50. The number of rotatable bonds is 3. The van der Waals surface area contributed by atoms with Gasteiger partial charge >= 0.3 is 0 Å². The molecule has 0 radical (unpaired) electrons. The Labute approximate surface area is 87.4 Å². The summed E-state index contributed by atoms with van der Waals surface area (Å²) in [6, 6.07) is 6.08. The average molecular weight is 210 g/mol. The molecule has 0 bridgehead atoms. The number of halogens is 2. The number of hydrogen-bond donors (Lipinski definition) is 0. The molecule has 0 fully saturated rings. The van der Waals surface area contributed by atoms with Crippen LogP contribution in [-0.2, 0) is 0 Å². The van der Waals surface area contributed by atoms with Gasteiger partial charge in [-0.3, -0.25) is 0 Å². The molecule has 0 saturated carbocycles. The van der Waals surface area contributed by atoms with Crippen molar-refractivity contribution in [3.05, 3.63) is 41.2 Å². The smallest absolute Gasteiger partial charge is 0.123 e. The number of allylic oxidation sites excluding steroid dienone is 1. The van der Waals surface area contributed by atoms with Crippen LogP contribution in [0.1, 0.15) is 17.5 Å². The van der Waals surface area contributed by atoms with Crippen LogP contribution in [0.15, 0.2) is 24.3 Å². The Morgan fingerprint density at radius 3 is 2.93 bits per heavy atom. The third kappa shape index (κ3) is 2.86. The minimum absolute atomic E-state index is 0.338. The molecule has 0 amide bonds. The molecule has 0 N–H and O–H groups in total. The molecular weight excluding hydrogens is 201 g/mol. The van der Waals surface area contributed by atoms with Crippen LogP contribution in [0.25, 0.3) is 6.08 Å². The van der Waals surface area contributed by atoms with Gasteiger partial charge in [0.1, 0.15) is 5.82 Å². The Kier molecular flexibility index (Phi) is 4.15. The number of nitrogens with zero attached hydrogens (tertiary/aromatic N) is 1. The first-order chi connectivity index (χ1) is 6.77. The van der Waals surface area contributed by atoms with E-state index in [0.29, 0.717) is 23.4 Å². The van der Waals surface area contributed by atoms with Crippen LogP contribution in [0.2, 0.25) is 0 Å². The van der Waals surface area contributed by atoms with Crippen LogP contribution in [0.4, 0.5) is 4.39 Å². The van der Waals surface area contributed by atoms with Crippen LogP contribution in [0.3, 0.4) is 0 Å². The molecule has 1 rings (SSSR count). The van der Waals surface area contributed by atoms with E-state index in [2.05, 4.69) is 0 Å². The summed E-state index contributed by atoms with van der Waals surface area (Å²) in [5, 5.41) is 8.73. The Morgan fingerprint density at radius 1 is 1.50 bits per heavy atom. The van der Waals surface area contributed by atoms with Gasteiger partial charge in [0.15, 0.2) is 0 Å². The van der Waals surface area contributed by atoms with Crippen molar-refractivity contribution in [1.82, 2.24) is 0 Å². The molecule has 0 aliphatic rings. The highest BCUT2D eigenvalue weighted by Gasteiger charge is 1.99. The molecule has 72 valence electrons. The summed E-state index contributed by atoms with van der Waals surface area (Å²) in [5.74, 6) is 0.183. The fourth-order valence-electron chi connectivity index (χ4n) is 1.05. The maximum absolute atomic E-state index is 12.8. The second-order valence-electron chi connectivity index (χ2n) is 2.72. The van der Waals surface area contributed by atoms with E-state index in [-0.39, 0.29) is 5.82 Å². The molecule has 0 saturated heterocycles. The first kappa shape index (κ1) is 10.7. The maximum atomic E-state index is 12.8. The second kappa shape index (κ2) is 5.41. The molecule has 0 atom stereocenters. The van der Waals surface area contributed by atoms with Crippen LogP contribution < -0.4 is 0 Å². The summed E-state index contributed by atoms with van der Waals surface area (Å²) in [4.78, 5) is 0. The van der Waals surface area contributed by atoms with Crippen LogP contribution in [-0.4, -0.2) is 5.88 Å². The lowest BCUT2D eigenvalue weighted by atomic mass is 10.1. The van der Waals surface area contributed by atoms with Crippen molar-refractivity contribution in [2.24, 2.45) is 0 Å². The monoisotopic (exact) mass is 209 g/mol. The first-order valence-corrected chi connectivity index (χ1v) is 4.73. The molecule has 0 unspecified atom stereocenters. The highest BCUT2D eigenvalue weighted by molar-refractivity contribution is 6.17. The highest BCUT2D eigenvalue weighted by atomic mass is 35.5. The summed E-state index contributed by atoms with van der Waals surface area (Å²) < 4.78 is 12.8. The van der Waals surface area contributed by atoms with Crippen molar-refractivity contribution in [1.29, 1.82) is 5.26 Å². The molecule has 1 nitrogen and oxygen atoms in total. The van der Waals surface area contributed by atoms with Gasteiger partial charge in [-0.2, -0.15) is 5.26 Å². The minimum Gasteiger partial charge on any atom is -0.207 e. The lowest BCUT2D eigenvalue weighted by Gasteiger charge is -1.97. The molecule has 0 spiro atoms. The standard InChI is InChI=1S/C11H9ClFN/c12-6-2-1-3-9-7-11(13)5-4-10(9)8-14/h1,3-5,7H,2,6H2. The van der Waals surface area contributed by atoms with E-state index in [1.807, 2.05) is 12.1 Å². The maximum Gasteiger partial charge on any atom is 0.123 e. The molecule has 0 heterocycles. The zero-order valence-corrected chi connectivity index (χ0v) is 8.26. The summed E-state index contributed by atoms with van der Waals surface area (Å²) in [6.45, 7) is 0. The molecule has 0 aliphatic heterocycles. The van der Waals surface area contributed by atoms with Crippen LogP contribution >= 0.6 is 11.6 Å². The number of nitriles is 1. The second-order valence-corrected chi connectivity index (χ2v) is 3.10. The van der Waals surface area contributed by atoms with E-state index in [4.69, 9.17) is 16.9 Å². The topological polar surface area (TPSA) is 23.8 Å². The molecule has 3 heteroatoms. The Bertz CT molecular complexity index is 379. The zero-order chi connectivity index (χ0) is 10.4. The third-order valence-electron chi connectivity index (χ3n) is 1.71. The van der Waals surface area contributed by atoms with Gasteiger partial charge in [-0.25, -0.2) is 4.39 Å². The third-order valence-corrected chi connectivity index (χ3v) is 1.93. The van der Waals surface area contributed by atoms with Gasteiger partial charge < -0.3 is 0 Å². The van der Waals surface area contributed by atoms with Crippen molar-refractivity contribution in [2.75, 3.05) is 5.88 Å². The first-order valence-electron chi connectivity index (χ1n) is 4.20. The summed E-state index contributed by atoms with van der Waals surface area (Å²) in [7, 11) is 0. The van der Waals surface area contributed by atoms with E-state index < -0.39 is 0 Å². The Morgan fingerprint density at radius 2 is 2.29 bits per heavy atom. The quantitative estimate of drug-likeness (QED) is 0.701. The van der Waals surface area contributed by atoms with Crippen molar-refractivity contribution in [3.8, 4) is 6.07 Å². The van der Waals surface area contributed by atoms with Crippen LogP contribution in [0.5, 0.6) is 0 Å². The fourth-order valence-corrected chi connectivity index (χ4v) is 1.17. The van der Waals surface area contributed by atoms with Gasteiger partial charge in [0.2, 0.25) is 0 Å². The van der Waals surface area contributed by atoms with Crippen molar-refractivity contribution in [3.63, 3.8) is 0 Å². The predicted octanol–water partition coefficient (Wildman–Crippen LogP) is 3.34. The number of hydrogen-bond acceptors (Lipinski definition) is 1. The van der Waals surface area contributed by atoms with E-state index in [1.165, 1.54) is 18.2 Å². The lowest BCUT2D eigenvalue weighted by Crippen LogP contribution is -1.84. The molecular formula is C11H9ClFN. The van der Waals surface area contributed by atoms with Crippen molar-refractivity contribution >= 4 is 17.7 Å². The highest BCUT2D eigenvalue weighted by Crippen LogP contribution is 2.12. The SMILES string of the molecule is N#Cc1ccc(F)cc1C=CCCCl. The van der Waals surface area contributed by atoms with E-state index in [9.17, 15) is 4.39 Å². The fraction of sp³-hybridized carbons (Fsp3) is 0.182. The molecule has 0 aliphatic carbocycles. The molecule has 14 heavy (non-hydrogen) atoms. The largest absolute Gasteiger partial charge is 0.207 e. The Balaban J connectivity index is 2.94. The summed E-state index contributed by atoms with van der Waals surface area (Å²) in [6.07, 6.45) is 4.25. The lowest BCUT2D eigenvalue weighted by molar-refractivity contribution is 0.627. The summed E-state index contributed by atoms with van der Waals surface area (Å²) in [5.41, 5.74) is 1.06. The van der Waals surface area contributed by atoms with Gasteiger partial charge in [-0.05, 0) is 30.2 Å². The van der Waals surface area contributed by atoms with Crippen LogP contribution in [0, 0.1) is 17.1 Å². The van der Waals surface area contributed by atoms with Gasteiger partial charge in [-0.15, -0.1) is 11.6 Å². The minimum atomic E-state index is -0.338. The number of benzene rings is 1. The van der Waals surface area contributed by atoms with E-state index in [1.54, 1.807) is 6.08 Å². The van der Waals surface area contributed by atoms with Gasteiger partial charge in [-0.1, -0.05) is 12.2 Å². The van der Waals surface area contributed by atoms with E-state index >= 15 is 0 Å². The van der Waals surface area contributed by atoms with Gasteiger partial charge in [0.05, 0.1) is 11.6 Å². The summed E-state index contributed by atoms with van der Waals surface area (Å²) >= 11 is 5.48. The van der Waals surface area contributed by atoms with Crippen molar-refractivity contribution < 1.29 is 4.39 Å². The Hall–Kier alpha value is -1.33. The average Bonchev–Trinajstić information content (AvgIpc) is 2.19. The van der Waals surface area contributed by atoms with Gasteiger partial charge in [0.25, 0.3) is 0 Å². The molecule has 1 aromatic carbocycles. The van der Waals surface area contributed by atoms with Gasteiger partial charge in [0, 0.05) is 5.88 Å².